The van der Waals surface area contributed by atoms with E-state index < -0.39 is 5.60 Å². The summed E-state index contributed by atoms with van der Waals surface area (Å²) in [5.74, 6) is 0. The quantitative estimate of drug-likeness (QED) is 0.514. The Balaban J connectivity index is -0.000000242. The second-order valence-electron chi connectivity index (χ2n) is 6.45. The summed E-state index contributed by atoms with van der Waals surface area (Å²) >= 11 is 0. The zero-order valence-electron chi connectivity index (χ0n) is 15.3. The van der Waals surface area contributed by atoms with Crippen LogP contribution in [0.25, 0.3) is 0 Å². The number of hydrogen-bond acceptors (Lipinski definition) is 3. The Labute approximate surface area is 133 Å². The summed E-state index contributed by atoms with van der Waals surface area (Å²) in [4.78, 5) is 0. The highest BCUT2D eigenvalue weighted by molar-refractivity contribution is 4.50. The van der Waals surface area contributed by atoms with Crippen LogP contribution in [0.3, 0.4) is 0 Å². The van der Waals surface area contributed by atoms with Gasteiger partial charge < -0.3 is 15.3 Å². The topological polar surface area (TPSA) is 60.7 Å². The van der Waals surface area contributed by atoms with Gasteiger partial charge >= 0.3 is 0 Å². The molecule has 3 N–H and O–H groups in total. The molecule has 132 valence electrons. The molecule has 21 heavy (non-hydrogen) atoms. The van der Waals surface area contributed by atoms with Gasteiger partial charge in [0, 0.05) is 13.2 Å². The van der Waals surface area contributed by atoms with Crippen LogP contribution in [-0.4, -0.2) is 34.1 Å². The van der Waals surface area contributed by atoms with E-state index in [2.05, 4.69) is 13.8 Å². The fourth-order valence-corrected chi connectivity index (χ4v) is 1.43. The second-order valence-corrected chi connectivity index (χ2v) is 6.45. The van der Waals surface area contributed by atoms with Crippen molar-refractivity contribution in [3.8, 4) is 0 Å². The normalized spacial score (nSPS) is 10.3. The van der Waals surface area contributed by atoms with Crippen molar-refractivity contribution in [1.82, 2.24) is 0 Å². The summed E-state index contributed by atoms with van der Waals surface area (Å²) < 4.78 is 0. The van der Waals surface area contributed by atoms with Crippen molar-refractivity contribution in [3.63, 3.8) is 0 Å². The minimum atomic E-state index is -0.500. The molecule has 0 rings (SSSR count). The Morgan fingerprint density at radius 1 is 0.571 bits per heavy atom. The van der Waals surface area contributed by atoms with E-state index in [4.69, 9.17) is 15.3 Å². The molecule has 0 radical (unpaired) electrons. The van der Waals surface area contributed by atoms with Crippen LogP contribution in [0.2, 0.25) is 0 Å². The number of hydrogen-bond donors (Lipinski definition) is 3. The molecule has 0 aliphatic carbocycles. The predicted octanol–water partition coefficient (Wildman–Crippen LogP) is 4.68. The van der Waals surface area contributed by atoms with Gasteiger partial charge in [-0.2, -0.15) is 0 Å². The van der Waals surface area contributed by atoms with Gasteiger partial charge in [0.15, 0.2) is 0 Å². The van der Waals surface area contributed by atoms with Crippen molar-refractivity contribution in [3.05, 3.63) is 0 Å². The van der Waals surface area contributed by atoms with Crippen LogP contribution in [0.1, 0.15) is 98.8 Å². The first kappa shape index (κ1) is 25.8. The molecule has 0 spiro atoms. The lowest BCUT2D eigenvalue weighted by Crippen LogP contribution is -2.10. The molecular weight excluding hydrogens is 264 g/mol. The monoisotopic (exact) mass is 306 g/mol. The highest BCUT2D eigenvalue weighted by Gasteiger charge is 1.97. The summed E-state index contributed by atoms with van der Waals surface area (Å²) in [6.07, 6.45) is 12.2. The predicted molar refractivity (Wildman–Crippen MR) is 93.7 cm³/mol. The summed E-state index contributed by atoms with van der Waals surface area (Å²) in [6.45, 7) is 10.3. The molecule has 0 fully saturated rings. The van der Waals surface area contributed by atoms with Crippen LogP contribution in [0.4, 0.5) is 0 Å². The lowest BCUT2D eigenvalue weighted by molar-refractivity contribution is 0.102. The zero-order chi connectivity index (χ0) is 17.0. The first-order chi connectivity index (χ1) is 9.83. The first-order valence-electron chi connectivity index (χ1n) is 8.77. The summed E-state index contributed by atoms with van der Waals surface area (Å²) in [6, 6.07) is 0. The third-order valence-electron chi connectivity index (χ3n) is 2.52. The van der Waals surface area contributed by atoms with Crippen molar-refractivity contribution in [2.24, 2.45) is 0 Å². The first-order valence-corrected chi connectivity index (χ1v) is 8.77. The molecule has 0 bridgehead atoms. The Kier molecular flexibility index (Phi) is 27.2. The van der Waals surface area contributed by atoms with Crippen LogP contribution in [-0.2, 0) is 0 Å². The Morgan fingerprint density at radius 2 is 0.810 bits per heavy atom. The molecule has 0 aliphatic heterocycles. The fourth-order valence-electron chi connectivity index (χ4n) is 1.43. The Hall–Kier alpha value is -0.120. The molecule has 0 heterocycles. The fraction of sp³-hybridized carbons (Fsp3) is 1.00. The highest BCUT2D eigenvalue weighted by atomic mass is 16.3. The van der Waals surface area contributed by atoms with Crippen LogP contribution < -0.4 is 0 Å². The molecular formula is C18H42O3. The average Bonchev–Trinajstić information content (AvgIpc) is 2.38. The maximum absolute atomic E-state index is 8.52. The van der Waals surface area contributed by atoms with Gasteiger partial charge in [-0.05, 0) is 33.6 Å². The van der Waals surface area contributed by atoms with Crippen molar-refractivity contribution in [1.29, 1.82) is 0 Å². The van der Waals surface area contributed by atoms with Crippen molar-refractivity contribution in [2.45, 2.75) is 104 Å². The van der Waals surface area contributed by atoms with Gasteiger partial charge in [-0.3, -0.25) is 0 Å². The van der Waals surface area contributed by atoms with Crippen LogP contribution in [0.5, 0.6) is 0 Å². The minimum absolute atomic E-state index is 0.361. The molecule has 3 nitrogen and oxygen atoms in total. The van der Waals surface area contributed by atoms with Gasteiger partial charge in [-0.25, -0.2) is 0 Å². The van der Waals surface area contributed by atoms with E-state index in [9.17, 15) is 0 Å². The molecule has 0 aliphatic rings. The van der Waals surface area contributed by atoms with E-state index >= 15 is 0 Å². The van der Waals surface area contributed by atoms with Gasteiger partial charge in [-0.1, -0.05) is 65.2 Å². The second kappa shape index (κ2) is 22.2. The summed E-state index contributed by atoms with van der Waals surface area (Å²) in [5.41, 5.74) is -0.500. The highest BCUT2D eigenvalue weighted by Crippen LogP contribution is 2.03. The van der Waals surface area contributed by atoms with Gasteiger partial charge in [-0.15, -0.1) is 0 Å². The molecule has 0 aromatic carbocycles. The lowest BCUT2D eigenvalue weighted by Gasteiger charge is -2.04. The average molecular weight is 307 g/mol. The van der Waals surface area contributed by atoms with Gasteiger partial charge in [0.1, 0.15) is 0 Å². The zero-order valence-corrected chi connectivity index (χ0v) is 15.3. The largest absolute Gasteiger partial charge is 0.396 e. The van der Waals surface area contributed by atoms with Crippen LogP contribution in [0, 0.1) is 0 Å². The van der Waals surface area contributed by atoms with E-state index in [0.29, 0.717) is 13.2 Å². The smallest absolute Gasteiger partial charge is 0.0563 e. The molecule has 0 aromatic heterocycles. The molecule has 3 heteroatoms. The van der Waals surface area contributed by atoms with Crippen molar-refractivity contribution in [2.75, 3.05) is 13.2 Å². The molecule has 0 aromatic rings. The molecule has 0 atom stereocenters. The van der Waals surface area contributed by atoms with E-state index in [1.807, 2.05) is 0 Å². The van der Waals surface area contributed by atoms with E-state index in [-0.39, 0.29) is 0 Å². The number of aliphatic hydroxyl groups excluding tert-OH is 2. The maximum Gasteiger partial charge on any atom is 0.0563 e. The third-order valence-corrected chi connectivity index (χ3v) is 2.52. The van der Waals surface area contributed by atoms with Crippen molar-refractivity contribution >= 4 is 0 Å². The van der Waals surface area contributed by atoms with E-state index in [1.54, 1.807) is 20.8 Å². The lowest BCUT2D eigenvalue weighted by atomic mass is 10.1. The van der Waals surface area contributed by atoms with Crippen LogP contribution in [0.15, 0.2) is 0 Å². The Bertz CT molecular complexity index is 137. The SMILES string of the molecule is CC(C)(C)O.CCCCCCCCO.CCCCCCO. The summed E-state index contributed by atoms with van der Waals surface area (Å²) in [5, 5.41) is 25.2. The number of rotatable bonds is 10. The number of aliphatic hydroxyl groups is 3. The number of unbranched alkanes of at least 4 members (excludes halogenated alkanes) is 8. The Morgan fingerprint density at radius 3 is 1.10 bits per heavy atom. The third kappa shape index (κ3) is 65.1. The standard InChI is InChI=1S/C8H18O.C6H14O.C4H10O/c1-2-3-4-5-6-7-8-9;1-2-3-4-5-6-7;1-4(2,3)5/h9H,2-8H2,1H3;7H,2-6H2,1H3;5H,1-3H3. The van der Waals surface area contributed by atoms with Gasteiger partial charge in [0.25, 0.3) is 0 Å². The molecule has 0 unspecified atom stereocenters. The summed E-state index contributed by atoms with van der Waals surface area (Å²) in [7, 11) is 0. The van der Waals surface area contributed by atoms with Crippen molar-refractivity contribution < 1.29 is 15.3 Å². The molecule has 0 saturated heterocycles. The molecule has 0 amide bonds. The van der Waals surface area contributed by atoms with E-state index in [0.717, 1.165) is 12.8 Å². The maximum atomic E-state index is 8.52. The van der Waals surface area contributed by atoms with E-state index in [1.165, 1.54) is 51.4 Å². The molecule has 0 saturated carbocycles. The van der Waals surface area contributed by atoms with Crippen LogP contribution >= 0.6 is 0 Å². The van der Waals surface area contributed by atoms with Gasteiger partial charge in [0.2, 0.25) is 0 Å². The van der Waals surface area contributed by atoms with Gasteiger partial charge in [0.05, 0.1) is 5.60 Å². The minimum Gasteiger partial charge on any atom is -0.396 e.